The molecular formula is C17H17N3O2. The molecule has 2 saturated heterocycles. The minimum atomic E-state index is -0.378. The Labute approximate surface area is 129 Å². The van der Waals surface area contributed by atoms with Gasteiger partial charge in [-0.05, 0) is 12.1 Å². The van der Waals surface area contributed by atoms with E-state index < -0.39 is 0 Å². The second-order valence-corrected chi connectivity index (χ2v) is 5.75. The van der Waals surface area contributed by atoms with Gasteiger partial charge >= 0.3 is 0 Å². The highest BCUT2D eigenvalue weighted by atomic mass is 16.7. The van der Waals surface area contributed by atoms with E-state index in [-0.39, 0.29) is 5.79 Å². The molecular weight excluding hydrogens is 278 g/mol. The summed E-state index contributed by atoms with van der Waals surface area (Å²) in [4.78, 5) is 6.69. The molecule has 0 bridgehead atoms. The third kappa shape index (κ3) is 2.21. The third-order valence-electron chi connectivity index (χ3n) is 4.49. The van der Waals surface area contributed by atoms with E-state index in [4.69, 9.17) is 9.47 Å². The van der Waals surface area contributed by atoms with Gasteiger partial charge in [-0.3, -0.25) is 0 Å². The molecule has 0 saturated carbocycles. The Balaban J connectivity index is 1.68. The fraction of sp³-hybridized carbons (Fsp3) is 0.412. The smallest absolute Gasteiger partial charge is 0.171 e. The highest BCUT2D eigenvalue weighted by Crippen LogP contribution is 2.35. The Morgan fingerprint density at radius 2 is 1.86 bits per heavy atom. The number of nitriles is 1. The molecule has 4 rings (SSSR count). The van der Waals surface area contributed by atoms with Crippen LogP contribution in [0.4, 0.5) is 5.69 Å². The Bertz CT molecular complexity index is 737. The van der Waals surface area contributed by atoms with E-state index in [0.717, 1.165) is 42.5 Å². The van der Waals surface area contributed by atoms with Gasteiger partial charge in [0.2, 0.25) is 0 Å². The molecule has 0 amide bonds. The Kier molecular flexibility index (Phi) is 3.21. The van der Waals surface area contributed by atoms with Crippen LogP contribution in [0.5, 0.6) is 0 Å². The first-order valence-electron chi connectivity index (χ1n) is 7.62. The van der Waals surface area contributed by atoms with Crippen LogP contribution in [0.3, 0.4) is 0 Å². The van der Waals surface area contributed by atoms with Crippen molar-refractivity contribution < 1.29 is 9.47 Å². The van der Waals surface area contributed by atoms with Crippen LogP contribution in [0, 0.1) is 11.3 Å². The van der Waals surface area contributed by atoms with Crippen molar-refractivity contribution in [3.63, 3.8) is 0 Å². The molecule has 2 aromatic rings. The Morgan fingerprint density at radius 1 is 1.14 bits per heavy atom. The lowest BCUT2D eigenvalue weighted by atomic mass is 10.0. The number of anilines is 1. The third-order valence-corrected chi connectivity index (χ3v) is 4.49. The molecule has 2 aliphatic rings. The number of fused-ring (bicyclic) bond motifs is 1. The van der Waals surface area contributed by atoms with Gasteiger partial charge in [-0.25, -0.2) is 4.98 Å². The molecule has 112 valence electrons. The van der Waals surface area contributed by atoms with Crippen molar-refractivity contribution in [1.29, 1.82) is 5.26 Å². The monoisotopic (exact) mass is 295 g/mol. The number of nitrogens with zero attached hydrogens (tertiary/aromatic N) is 3. The van der Waals surface area contributed by atoms with Gasteiger partial charge in [-0.2, -0.15) is 5.26 Å². The summed E-state index contributed by atoms with van der Waals surface area (Å²) in [5.41, 5.74) is 2.41. The van der Waals surface area contributed by atoms with Crippen LogP contribution in [0.1, 0.15) is 18.5 Å². The van der Waals surface area contributed by atoms with E-state index in [2.05, 4.69) is 22.0 Å². The first-order valence-corrected chi connectivity index (χ1v) is 7.62. The number of aromatic nitrogens is 1. The molecule has 5 heteroatoms. The van der Waals surface area contributed by atoms with Crippen LogP contribution in [0.25, 0.3) is 10.9 Å². The van der Waals surface area contributed by atoms with Gasteiger partial charge in [0.1, 0.15) is 11.8 Å². The SMILES string of the molecule is N#Cc1cc(N2CCC3(CC2)OCCO3)c2ccccc2n1. The normalized spacial score (nSPS) is 20.4. The van der Waals surface area contributed by atoms with Gasteiger partial charge < -0.3 is 14.4 Å². The molecule has 1 spiro atoms. The molecule has 0 aliphatic carbocycles. The van der Waals surface area contributed by atoms with Crippen LogP contribution < -0.4 is 4.90 Å². The molecule has 0 atom stereocenters. The summed E-state index contributed by atoms with van der Waals surface area (Å²) in [6, 6.07) is 12.0. The molecule has 0 N–H and O–H groups in total. The number of rotatable bonds is 1. The summed E-state index contributed by atoms with van der Waals surface area (Å²) in [5.74, 6) is -0.378. The maximum absolute atomic E-state index is 9.22. The van der Waals surface area contributed by atoms with E-state index in [9.17, 15) is 5.26 Å². The summed E-state index contributed by atoms with van der Waals surface area (Å²) in [7, 11) is 0. The van der Waals surface area contributed by atoms with Crippen LogP contribution in [-0.2, 0) is 9.47 Å². The van der Waals surface area contributed by atoms with Crippen molar-refractivity contribution in [2.75, 3.05) is 31.2 Å². The number of benzene rings is 1. The first kappa shape index (κ1) is 13.5. The van der Waals surface area contributed by atoms with Gasteiger partial charge in [-0.1, -0.05) is 18.2 Å². The zero-order valence-corrected chi connectivity index (χ0v) is 12.3. The number of para-hydroxylation sites is 1. The molecule has 0 unspecified atom stereocenters. The minimum Gasteiger partial charge on any atom is -0.370 e. The van der Waals surface area contributed by atoms with Crippen molar-refractivity contribution in [1.82, 2.24) is 4.98 Å². The standard InChI is InChI=1S/C17H17N3O2/c18-12-13-11-16(14-3-1-2-4-15(14)19-13)20-7-5-17(6-8-20)21-9-10-22-17/h1-4,11H,5-10H2. The Hall–Kier alpha value is -2.16. The fourth-order valence-electron chi connectivity index (χ4n) is 3.35. The number of piperidine rings is 1. The number of ether oxygens (including phenoxy) is 2. The maximum Gasteiger partial charge on any atom is 0.171 e. The zero-order chi connectivity index (χ0) is 15.0. The lowest BCUT2D eigenvalue weighted by Crippen LogP contribution is -2.45. The molecule has 2 fully saturated rings. The summed E-state index contributed by atoms with van der Waals surface area (Å²) in [6.07, 6.45) is 1.71. The lowest BCUT2D eigenvalue weighted by molar-refractivity contribution is -0.169. The van der Waals surface area contributed by atoms with E-state index in [1.807, 2.05) is 24.3 Å². The van der Waals surface area contributed by atoms with Crippen LogP contribution in [-0.4, -0.2) is 37.1 Å². The van der Waals surface area contributed by atoms with Crippen LogP contribution in [0.15, 0.2) is 30.3 Å². The van der Waals surface area contributed by atoms with Crippen molar-refractivity contribution in [2.24, 2.45) is 0 Å². The quantitative estimate of drug-likeness (QED) is 0.809. The summed E-state index contributed by atoms with van der Waals surface area (Å²) in [5, 5.41) is 10.3. The second kappa shape index (κ2) is 5.24. The van der Waals surface area contributed by atoms with E-state index in [1.54, 1.807) is 0 Å². The molecule has 1 aromatic carbocycles. The Morgan fingerprint density at radius 3 is 2.59 bits per heavy atom. The zero-order valence-electron chi connectivity index (χ0n) is 12.3. The maximum atomic E-state index is 9.22. The van der Waals surface area contributed by atoms with Gasteiger partial charge in [-0.15, -0.1) is 0 Å². The summed E-state index contributed by atoms with van der Waals surface area (Å²) < 4.78 is 11.6. The topological polar surface area (TPSA) is 58.4 Å². The van der Waals surface area contributed by atoms with Crippen molar-refractivity contribution in [2.45, 2.75) is 18.6 Å². The number of pyridine rings is 1. The lowest BCUT2D eigenvalue weighted by Gasteiger charge is -2.39. The van der Waals surface area contributed by atoms with Gasteiger partial charge in [0, 0.05) is 37.0 Å². The highest BCUT2D eigenvalue weighted by Gasteiger charge is 2.40. The van der Waals surface area contributed by atoms with Crippen LogP contribution >= 0.6 is 0 Å². The molecule has 3 heterocycles. The van der Waals surface area contributed by atoms with E-state index in [1.165, 1.54) is 0 Å². The average Bonchev–Trinajstić information content (AvgIpc) is 3.03. The first-order chi connectivity index (χ1) is 10.8. The van der Waals surface area contributed by atoms with Gasteiger partial charge in [0.15, 0.2) is 5.79 Å². The number of hydrogen-bond acceptors (Lipinski definition) is 5. The van der Waals surface area contributed by atoms with Crippen molar-refractivity contribution in [3.05, 3.63) is 36.0 Å². The highest BCUT2D eigenvalue weighted by molar-refractivity contribution is 5.92. The van der Waals surface area contributed by atoms with Crippen molar-refractivity contribution in [3.8, 4) is 6.07 Å². The molecule has 2 aliphatic heterocycles. The number of hydrogen-bond donors (Lipinski definition) is 0. The van der Waals surface area contributed by atoms with E-state index in [0.29, 0.717) is 18.9 Å². The molecule has 0 radical (unpaired) electrons. The van der Waals surface area contributed by atoms with Crippen molar-refractivity contribution >= 4 is 16.6 Å². The fourth-order valence-corrected chi connectivity index (χ4v) is 3.35. The van der Waals surface area contributed by atoms with Crippen LogP contribution in [0.2, 0.25) is 0 Å². The second-order valence-electron chi connectivity index (χ2n) is 5.75. The summed E-state index contributed by atoms with van der Waals surface area (Å²) in [6.45, 7) is 3.10. The van der Waals surface area contributed by atoms with Gasteiger partial charge in [0.05, 0.1) is 18.7 Å². The average molecular weight is 295 g/mol. The minimum absolute atomic E-state index is 0.378. The molecule has 22 heavy (non-hydrogen) atoms. The molecule has 5 nitrogen and oxygen atoms in total. The van der Waals surface area contributed by atoms with E-state index >= 15 is 0 Å². The predicted octanol–water partition coefficient (Wildman–Crippen LogP) is 2.45. The molecule has 1 aromatic heterocycles. The predicted molar refractivity (Wildman–Crippen MR) is 82.5 cm³/mol. The summed E-state index contributed by atoms with van der Waals surface area (Å²) >= 11 is 0. The largest absolute Gasteiger partial charge is 0.370 e. The van der Waals surface area contributed by atoms with Gasteiger partial charge in [0.25, 0.3) is 0 Å².